The van der Waals surface area contributed by atoms with Crippen LogP contribution in [0.25, 0.3) is 0 Å². The van der Waals surface area contributed by atoms with Crippen LogP contribution in [0.5, 0.6) is 0 Å². The first kappa shape index (κ1) is 13.8. The first-order valence-corrected chi connectivity index (χ1v) is 7.06. The van der Waals surface area contributed by atoms with Gasteiger partial charge in [-0.2, -0.15) is 0 Å². The number of piperidine rings is 1. The molecule has 1 aromatic heterocycles. The van der Waals surface area contributed by atoms with E-state index in [0.29, 0.717) is 31.9 Å². The maximum Gasteiger partial charge on any atom is 0.309 e. The van der Waals surface area contributed by atoms with Crippen LogP contribution in [-0.4, -0.2) is 57.5 Å². The fourth-order valence-electron chi connectivity index (χ4n) is 3.53. The first-order chi connectivity index (χ1) is 10.0. The summed E-state index contributed by atoms with van der Waals surface area (Å²) < 4.78 is 0. The lowest BCUT2D eigenvalue weighted by Gasteiger charge is -2.45. The molecular formula is C14H18N4O3. The molecule has 2 aliphatic heterocycles. The smallest absolute Gasteiger partial charge is 0.309 e. The number of hydrogen-bond acceptors (Lipinski definition) is 5. The van der Waals surface area contributed by atoms with Crippen LogP contribution in [0.15, 0.2) is 18.5 Å². The summed E-state index contributed by atoms with van der Waals surface area (Å²) in [4.78, 5) is 35.6. The van der Waals surface area contributed by atoms with Gasteiger partial charge in [0.15, 0.2) is 0 Å². The molecule has 2 saturated heterocycles. The van der Waals surface area contributed by atoms with Crippen molar-refractivity contribution < 1.29 is 14.7 Å². The van der Waals surface area contributed by atoms with Crippen LogP contribution in [0.2, 0.25) is 0 Å². The van der Waals surface area contributed by atoms with Gasteiger partial charge < -0.3 is 14.9 Å². The van der Waals surface area contributed by atoms with Crippen LogP contribution in [0.1, 0.15) is 19.3 Å². The second-order valence-corrected chi connectivity index (χ2v) is 5.69. The van der Waals surface area contributed by atoms with E-state index in [1.165, 1.54) is 0 Å². The van der Waals surface area contributed by atoms with Crippen molar-refractivity contribution in [1.82, 2.24) is 14.9 Å². The van der Waals surface area contributed by atoms with Gasteiger partial charge >= 0.3 is 5.97 Å². The molecule has 3 rings (SSSR count). The highest BCUT2D eigenvalue weighted by Crippen LogP contribution is 2.43. The van der Waals surface area contributed by atoms with Crippen LogP contribution in [0.4, 0.5) is 5.95 Å². The summed E-state index contributed by atoms with van der Waals surface area (Å²) in [6, 6.07) is 1.76. The van der Waals surface area contributed by atoms with Gasteiger partial charge in [-0.15, -0.1) is 0 Å². The van der Waals surface area contributed by atoms with Gasteiger partial charge in [0.25, 0.3) is 0 Å². The SMILES string of the molecule is CN1C(=O)CC(C(=O)O)C12CCN(c1ncccn1)CC2. The van der Waals surface area contributed by atoms with Gasteiger partial charge in [0.2, 0.25) is 11.9 Å². The zero-order valence-electron chi connectivity index (χ0n) is 11.9. The molecule has 0 bridgehead atoms. The molecule has 7 nitrogen and oxygen atoms in total. The molecule has 0 saturated carbocycles. The van der Waals surface area contributed by atoms with E-state index in [4.69, 9.17) is 0 Å². The Morgan fingerprint density at radius 1 is 1.33 bits per heavy atom. The summed E-state index contributed by atoms with van der Waals surface area (Å²) >= 11 is 0. The van der Waals surface area contributed by atoms with Crippen molar-refractivity contribution in [2.75, 3.05) is 25.0 Å². The molecule has 2 aliphatic rings. The van der Waals surface area contributed by atoms with Crippen LogP contribution in [0, 0.1) is 5.92 Å². The Morgan fingerprint density at radius 2 is 1.95 bits per heavy atom. The Labute approximate surface area is 122 Å². The molecular weight excluding hydrogens is 272 g/mol. The average molecular weight is 290 g/mol. The Bertz CT molecular complexity index is 555. The third kappa shape index (κ3) is 2.12. The van der Waals surface area contributed by atoms with E-state index in [0.717, 1.165) is 0 Å². The van der Waals surface area contributed by atoms with E-state index >= 15 is 0 Å². The number of carbonyl (C=O) groups is 2. The lowest BCUT2D eigenvalue weighted by atomic mass is 9.77. The van der Waals surface area contributed by atoms with Gasteiger partial charge in [-0.05, 0) is 18.9 Å². The number of aliphatic carboxylic acids is 1. The molecule has 112 valence electrons. The average Bonchev–Trinajstić information content (AvgIpc) is 2.75. The minimum atomic E-state index is -0.878. The van der Waals surface area contributed by atoms with Gasteiger partial charge in [-0.1, -0.05) is 0 Å². The molecule has 0 aromatic carbocycles. The number of nitrogens with zero attached hydrogens (tertiary/aromatic N) is 4. The van der Waals surface area contributed by atoms with Crippen molar-refractivity contribution in [3.8, 4) is 0 Å². The predicted octanol–water partition coefficient (Wildman–Crippen LogP) is 0.379. The third-order valence-corrected chi connectivity index (χ3v) is 4.83. The number of anilines is 1. The van der Waals surface area contributed by atoms with Crippen molar-refractivity contribution in [2.45, 2.75) is 24.8 Å². The molecule has 1 amide bonds. The van der Waals surface area contributed by atoms with E-state index < -0.39 is 17.4 Å². The first-order valence-electron chi connectivity index (χ1n) is 7.06. The summed E-state index contributed by atoms with van der Waals surface area (Å²) in [6.45, 7) is 1.32. The number of carboxylic acids is 1. The number of rotatable bonds is 2. The molecule has 1 N–H and O–H groups in total. The van der Waals surface area contributed by atoms with Crippen molar-refractivity contribution in [1.29, 1.82) is 0 Å². The number of carbonyl (C=O) groups excluding carboxylic acids is 1. The molecule has 2 fully saturated rings. The maximum atomic E-state index is 11.9. The van der Waals surface area contributed by atoms with Crippen molar-refractivity contribution in [3.05, 3.63) is 18.5 Å². The van der Waals surface area contributed by atoms with Crippen molar-refractivity contribution in [2.24, 2.45) is 5.92 Å². The predicted molar refractivity (Wildman–Crippen MR) is 74.7 cm³/mol. The second kappa shape index (κ2) is 4.98. The van der Waals surface area contributed by atoms with Crippen molar-refractivity contribution >= 4 is 17.8 Å². The highest BCUT2D eigenvalue weighted by molar-refractivity contribution is 5.88. The molecule has 21 heavy (non-hydrogen) atoms. The minimum absolute atomic E-state index is 0.0770. The van der Waals surface area contributed by atoms with Crippen LogP contribution < -0.4 is 4.90 Å². The summed E-state index contributed by atoms with van der Waals surface area (Å²) in [7, 11) is 1.72. The molecule has 0 aliphatic carbocycles. The molecule has 7 heteroatoms. The third-order valence-electron chi connectivity index (χ3n) is 4.83. The normalized spacial score (nSPS) is 24.6. The monoisotopic (exact) mass is 290 g/mol. The van der Waals surface area contributed by atoms with E-state index in [2.05, 4.69) is 9.97 Å². The Morgan fingerprint density at radius 3 is 2.52 bits per heavy atom. The molecule has 1 spiro atoms. The quantitative estimate of drug-likeness (QED) is 0.847. The highest BCUT2D eigenvalue weighted by Gasteiger charge is 2.55. The van der Waals surface area contributed by atoms with E-state index in [9.17, 15) is 14.7 Å². The van der Waals surface area contributed by atoms with Gasteiger partial charge in [-0.3, -0.25) is 9.59 Å². The summed E-state index contributed by atoms with van der Waals surface area (Å²) in [5.41, 5.74) is -0.561. The lowest BCUT2D eigenvalue weighted by Crippen LogP contribution is -2.56. The van der Waals surface area contributed by atoms with Gasteiger partial charge in [0, 0.05) is 39.0 Å². The van der Waals surface area contributed by atoms with Crippen LogP contribution >= 0.6 is 0 Å². The Balaban J connectivity index is 1.80. The summed E-state index contributed by atoms with van der Waals surface area (Å²) in [5, 5.41) is 9.43. The summed E-state index contributed by atoms with van der Waals surface area (Å²) in [6.07, 6.45) is 4.75. The Hall–Kier alpha value is -2.18. The fraction of sp³-hybridized carbons (Fsp3) is 0.571. The van der Waals surface area contributed by atoms with E-state index in [-0.39, 0.29) is 12.3 Å². The number of aromatic nitrogens is 2. The van der Waals surface area contributed by atoms with Crippen LogP contribution in [-0.2, 0) is 9.59 Å². The number of hydrogen-bond donors (Lipinski definition) is 1. The Kier molecular flexibility index (Phi) is 3.27. The number of carboxylic acid groups (broad SMARTS) is 1. The topological polar surface area (TPSA) is 86.6 Å². The van der Waals surface area contributed by atoms with Gasteiger partial charge in [0.05, 0.1) is 11.5 Å². The minimum Gasteiger partial charge on any atom is -0.481 e. The van der Waals surface area contributed by atoms with Gasteiger partial charge in [0.1, 0.15) is 0 Å². The second-order valence-electron chi connectivity index (χ2n) is 5.69. The molecule has 1 unspecified atom stereocenters. The zero-order chi connectivity index (χ0) is 15.0. The largest absolute Gasteiger partial charge is 0.481 e. The zero-order valence-corrected chi connectivity index (χ0v) is 11.9. The lowest BCUT2D eigenvalue weighted by molar-refractivity contribution is -0.145. The molecule has 1 aromatic rings. The summed E-state index contributed by atoms with van der Waals surface area (Å²) in [5.74, 6) is -0.913. The molecule has 0 radical (unpaired) electrons. The van der Waals surface area contributed by atoms with E-state index in [1.807, 2.05) is 4.90 Å². The molecule has 3 heterocycles. The standard InChI is InChI=1S/C14H18N4O3/c1-17-11(19)9-10(12(20)21)14(17)3-7-18(8-4-14)13-15-5-2-6-16-13/h2,5-6,10H,3-4,7-9H2,1H3,(H,20,21). The highest BCUT2D eigenvalue weighted by atomic mass is 16.4. The van der Waals surface area contributed by atoms with E-state index in [1.54, 1.807) is 30.4 Å². The van der Waals surface area contributed by atoms with Crippen molar-refractivity contribution in [3.63, 3.8) is 0 Å². The number of amides is 1. The van der Waals surface area contributed by atoms with Crippen LogP contribution in [0.3, 0.4) is 0 Å². The van der Waals surface area contributed by atoms with Gasteiger partial charge in [-0.25, -0.2) is 9.97 Å². The maximum absolute atomic E-state index is 11.9. The number of likely N-dealkylation sites (tertiary alicyclic amines) is 1. The molecule has 1 atom stereocenters. The fourth-order valence-corrected chi connectivity index (χ4v) is 3.53.